The van der Waals surface area contributed by atoms with Crippen LogP contribution in [0.15, 0.2) is 18.3 Å². The van der Waals surface area contributed by atoms with E-state index in [9.17, 15) is 9.59 Å². The molecule has 4 rings (SSSR count). The molecule has 2 atom stereocenters. The highest BCUT2D eigenvalue weighted by Crippen LogP contribution is 2.26. The number of piperazine rings is 1. The van der Waals surface area contributed by atoms with Crippen molar-refractivity contribution in [1.82, 2.24) is 25.3 Å². The number of halogens is 1. The highest BCUT2D eigenvalue weighted by molar-refractivity contribution is 6.35. The number of benzene rings is 1. The van der Waals surface area contributed by atoms with Crippen LogP contribution in [0, 0.1) is 6.42 Å². The molecule has 1 radical (unpaired) electrons. The third kappa shape index (κ3) is 4.39. The Hall–Kier alpha value is -2.16. The number of aromatic nitrogens is 2. The van der Waals surface area contributed by atoms with Gasteiger partial charge in [0.25, 0.3) is 0 Å². The molecule has 0 aliphatic carbocycles. The minimum Gasteiger partial charge on any atom is -0.368 e. The van der Waals surface area contributed by atoms with Crippen LogP contribution in [0.25, 0.3) is 10.9 Å². The van der Waals surface area contributed by atoms with Gasteiger partial charge in [-0.3, -0.25) is 19.6 Å². The number of primary amides is 1. The number of hydrogen-bond donors (Lipinski definition) is 3. The molecule has 29 heavy (non-hydrogen) atoms. The van der Waals surface area contributed by atoms with E-state index in [1.807, 2.05) is 12.1 Å². The van der Waals surface area contributed by atoms with Gasteiger partial charge < -0.3 is 16.0 Å². The molecular formula is C20H26ClN6O2. The Morgan fingerprint density at radius 1 is 1.28 bits per heavy atom. The molecule has 2 unspecified atom stereocenters. The van der Waals surface area contributed by atoms with Crippen molar-refractivity contribution in [1.29, 1.82) is 0 Å². The number of carbonyl (C=O) groups excluding carboxylic acids is 2. The first-order chi connectivity index (χ1) is 14.0. The molecule has 2 aromatic rings. The smallest absolute Gasteiger partial charge is 0.240 e. The van der Waals surface area contributed by atoms with Crippen molar-refractivity contribution in [2.75, 3.05) is 32.7 Å². The fraction of sp³-hybridized carbons (Fsp3) is 0.500. The van der Waals surface area contributed by atoms with Gasteiger partial charge in [0.2, 0.25) is 11.8 Å². The molecule has 1 aromatic carbocycles. The van der Waals surface area contributed by atoms with Crippen LogP contribution in [0.2, 0.25) is 5.02 Å². The third-order valence-corrected chi connectivity index (χ3v) is 6.23. The van der Waals surface area contributed by atoms with E-state index in [0.717, 1.165) is 49.1 Å². The molecule has 0 spiro atoms. The molecule has 2 amide bonds. The van der Waals surface area contributed by atoms with Gasteiger partial charge in [0, 0.05) is 44.2 Å². The summed E-state index contributed by atoms with van der Waals surface area (Å²) in [5, 5.41) is 11.7. The number of nitrogens with two attached hydrogens (primary N) is 1. The third-order valence-electron chi connectivity index (χ3n) is 5.93. The van der Waals surface area contributed by atoms with Crippen LogP contribution in [0.3, 0.4) is 0 Å². The van der Waals surface area contributed by atoms with Gasteiger partial charge in [-0.2, -0.15) is 5.10 Å². The monoisotopic (exact) mass is 417 g/mol. The van der Waals surface area contributed by atoms with Gasteiger partial charge in [0.05, 0.1) is 23.2 Å². The summed E-state index contributed by atoms with van der Waals surface area (Å²) in [6.45, 7) is 4.38. The number of H-pyrrole nitrogens is 1. The van der Waals surface area contributed by atoms with Crippen LogP contribution in [-0.4, -0.2) is 76.6 Å². The molecule has 9 heteroatoms. The van der Waals surface area contributed by atoms with Crippen molar-refractivity contribution >= 4 is 34.3 Å². The molecule has 0 bridgehead atoms. The number of rotatable bonds is 5. The van der Waals surface area contributed by atoms with E-state index < -0.39 is 11.9 Å². The van der Waals surface area contributed by atoms with E-state index in [1.54, 1.807) is 17.5 Å². The Morgan fingerprint density at radius 3 is 2.83 bits per heavy atom. The quantitative estimate of drug-likeness (QED) is 0.664. The normalized spacial score (nSPS) is 23.4. The number of nitrogens with zero attached hydrogens (tertiary/aromatic N) is 3. The first-order valence-corrected chi connectivity index (χ1v) is 10.4. The van der Waals surface area contributed by atoms with Crippen molar-refractivity contribution in [3.05, 3.63) is 35.3 Å². The maximum Gasteiger partial charge on any atom is 0.240 e. The fourth-order valence-electron chi connectivity index (χ4n) is 4.37. The average molecular weight is 418 g/mol. The second kappa shape index (κ2) is 8.69. The van der Waals surface area contributed by atoms with Gasteiger partial charge in [0.1, 0.15) is 6.04 Å². The highest BCUT2D eigenvalue weighted by Gasteiger charge is 2.37. The Bertz CT molecular complexity index is 894. The molecule has 2 fully saturated rings. The molecule has 155 valence electrons. The van der Waals surface area contributed by atoms with Crippen molar-refractivity contribution in [3.63, 3.8) is 0 Å². The van der Waals surface area contributed by atoms with E-state index in [0.29, 0.717) is 30.5 Å². The minimum atomic E-state index is -0.563. The Balaban J connectivity index is 1.39. The summed E-state index contributed by atoms with van der Waals surface area (Å²) in [4.78, 5) is 29.0. The zero-order valence-corrected chi connectivity index (χ0v) is 17.0. The molecule has 4 N–H and O–H groups in total. The van der Waals surface area contributed by atoms with Crippen LogP contribution in [0.1, 0.15) is 18.4 Å². The molecule has 8 nitrogen and oxygen atoms in total. The van der Waals surface area contributed by atoms with Gasteiger partial charge in [-0.25, -0.2) is 0 Å². The molecule has 2 aliphatic heterocycles. The second-order valence-electron chi connectivity index (χ2n) is 7.73. The maximum atomic E-state index is 12.9. The van der Waals surface area contributed by atoms with E-state index in [4.69, 9.17) is 17.3 Å². The average Bonchev–Trinajstić information content (AvgIpc) is 3.21. The standard InChI is InChI=1S/C20H26ClN6O2/c21-16-10-13(9-14-12-24-25-19(14)16)1-2-18(28)27-6-3-15(11-17(27)20(22)29)26-7-4-23-5-8-26/h2,9-10,12,15,17,23H,1,3-8,11H2,(H2,22,29)(H,24,25). The lowest BCUT2D eigenvalue weighted by molar-refractivity contribution is -0.140. The fourth-order valence-corrected chi connectivity index (χ4v) is 4.66. The number of carbonyl (C=O) groups is 2. The Labute approximate surface area is 174 Å². The summed E-state index contributed by atoms with van der Waals surface area (Å²) in [5.41, 5.74) is 7.36. The van der Waals surface area contributed by atoms with E-state index in [1.165, 1.54) is 0 Å². The summed E-state index contributed by atoms with van der Waals surface area (Å²) in [7, 11) is 0. The lowest BCUT2D eigenvalue weighted by Crippen LogP contribution is -2.58. The summed E-state index contributed by atoms with van der Waals surface area (Å²) < 4.78 is 0. The Kier molecular flexibility index (Phi) is 6.03. The van der Waals surface area contributed by atoms with Crippen molar-refractivity contribution in [2.24, 2.45) is 5.73 Å². The van der Waals surface area contributed by atoms with E-state index in [2.05, 4.69) is 20.4 Å². The minimum absolute atomic E-state index is 0.157. The first kappa shape index (κ1) is 20.1. The molecule has 0 saturated carbocycles. The molecular weight excluding hydrogens is 392 g/mol. The number of likely N-dealkylation sites (tertiary alicyclic amines) is 1. The van der Waals surface area contributed by atoms with Gasteiger partial charge in [-0.1, -0.05) is 11.6 Å². The molecule has 1 aromatic heterocycles. The van der Waals surface area contributed by atoms with Crippen LogP contribution >= 0.6 is 11.6 Å². The number of amides is 2. The second-order valence-corrected chi connectivity index (χ2v) is 8.14. The van der Waals surface area contributed by atoms with Gasteiger partial charge >= 0.3 is 0 Å². The summed E-state index contributed by atoms with van der Waals surface area (Å²) in [6, 6.07) is 3.51. The molecule has 2 saturated heterocycles. The summed E-state index contributed by atoms with van der Waals surface area (Å²) in [6.07, 6.45) is 5.20. The van der Waals surface area contributed by atoms with Crippen LogP contribution in [0.5, 0.6) is 0 Å². The van der Waals surface area contributed by atoms with Crippen molar-refractivity contribution in [2.45, 2.75) is 31.3 Å². The SMILES string of the molecule is NC(=O)C1CC(N2CCNCC2)CCN1C(=O)[CH]Cc1cc(Cl)c2[nH]ncc2c1. The topological polar surface area (TPSA) is 107 Å². The predicted molar refractivity (Wildman–Crippen MR) is 111 cm³/mol. The van der Waals surface area contributed by atoms with E-state index >= 15 is 0 Å². The van der Waals surface area contributed by atoms with Gasteiger partial charge in [-0.05, 0) is 37.0 Å². The predicted octanol–water partition coefficient (Wildman–Crippen LogP) is 0.713. The number of hydrogen-bond acceptors (Lipinski definition) is 5. The van der Waals surface area contributed by atoms with Crippen LogP contribution < -0.4 is 11.1 Å². The van der Waals surface area contributed by atoms with Gasteiger partial charge in [-0.15, -0.1) is 0 Å². The van der Waals surface area contributed by atoms with Gasteiger partial charge in [0.15, 0.2) is 0 Å². The number of piperidine rings is 1. The lowest BCUT2D eigenvalue weighted by atomic mass is 9.94. The van der Waals surface area contributed by atoms with Crippen LogP contribution in [0.4, 0.5) is 0 Å². The van der Waals surface area contributed by atoms with Crippen molar-refractivity contribution < 1.29 is 9.59 Å². The maximum absolute atomic E-state index is 12.9. The largest absolute Gasteiger partial charge is 0.368 e. The van der Waals surface area contributed by atoms with Crippen molar-refractivity contribution in [3.8, 4) is 0 Å². The highest BCUT2D eigenvalue weighted by atomic mass is 35.5. The Morgan fingerprint density at radius 2 is 2.07 bits per heavy atom. The summed E-state index contributed by atoms with van der Waals surface area (Å²) >= 11 is 6.27. The van der Waals surface area contributed by atoms with E-state index in [-0.39, 0.29) is 5.91 Å². The summed E-state index contributed by atoms with van der Waals surface area (Å²) in [5.74, 6) is -0.592. The number of nitrogens with one attached hydrogen (secondary N) is 2. The molecule has 2 aliphatic rings. The molecule has 3 heterocycles. The first-order valence-electron chi connectivity index (χ1n) is 10.0. The zero-order chi connectivity index (χ0) is 20.4. The number of aromatic amines is 1. The zero-order valence-electron chi connectivity index (χ0n) is 16.2. The lowest BCUT2D eigenvalue weighted by Gasteiger charge is -2.43. The number of fused-ring (bicyclic) bond motifs is 1. The van der Waals surface area contributed by atoms with Crippen LogP contribution in [-0.2, 0) is 16.0 Å².